The standard InChI is InChI=1S/C25H51NO.C2H6.H2/c1-4-7-10-13-16-18-21-24(22-19-17-14-11-8-5-2)26-25(27)23-20-15-12-9-6-3;1-2;/h24H,4-23H2,1-3H3,(H,26,27);1-2H3;1H. The van der Waals surface area contributed by atoms with Crippen molar-refractivity contribution in [3.05, 3.63) is 0 Å². The molecular weight excluding hydrogens is 354 g/mol. The molecule has 0 saturated heterocycles. The summed E-state index contributed by atoms with van der Waals surface area (Å²) in [6.45, 7) is 10.8. The Morgan fingerprint density at radius 3 is 1.34 bits per heavy atom. The number of nitrogens with one attached hydrogen (secondary N) is 1. The van der Waals surface area contributed by atoms with Gasteiger partial charge in [-0.3, -0.25) is 4.79 Å². The largest absolute Gasteiger partial charge is 0.353 e. The highest BCUT2D eigenvalue weighted by Crippen LogP contribution is 2.15. The summed E-state index contributed by atoms with van der Waals surface area (Å²) in [7, 11) is 0. The van der Waals surface area contributed by atoms with E-state index >= 15 is 0 Å². The Labute approximate surface area is 186 Å². The third-order valence-corrected chi connectivity index (χ3v) is 5.68. The number of hydrogen-bond acceptors (Lipinski definition) is 1. The molecule has 0 aliphatic carbocycles. The lowest BCUT2D eigenvalue weighted by Crippen LogP contribution is -2.34. The fourth-order valence-electron chi connectivity index (χ4n) is 3.82. The van der Waals surface area contributed by atoms with Gasteiger partial charge >= 0.3 is 0 Å². The zero-order valence-corrected chi connectivity index (χ0v) is 21.1. The van der Waals surface area contributed by atoms with Gasteiger partial charge in [-0.15, -0.1) is 0 Å². The minimum absolute atomic E-state index is 0. The van der Waals surface area contributed by atoms with Crippen LogP contribution in [0.2, 0.25) is 0 Å². The van der Waals surface area contributed by atoms with Crippen molar-refractivity contribution in [1.29, 1.82) is 0 Å². The predicted octanol–water partition coefficient (Wildman–Crippen LogP) is 9.61. The Bertz CT molecular complexity index is 293. The molecule has 2 heteroatoms. The highest BCUT2D eigenvalue weighted by atomic mass is 16.1. The third kappa shape index (κ3) is 25.4. The van der Waals surface area contributed by atoms with Crippen LogP contribution in [0.3, 0.4) is 0 Å². The summed E-state index contributed by atoms with van der Waals surface area (Å²) in [6.07, 6.45) is 25.3. The number of unbranched alkanes of at least 4 members (excludes halogenated alkanes) is 14. The molecule has 0 aliphatic rings. The first kappa shape index (κ1) is 30.7. The molecule has 0 aromatic rings. The third-order valence-electron chi connectivity index (χ3n) is 5.68. The molecule has 0 rings (SSSR count). The van der Waals surface area contributed by atoms with Crippen LogP contribution in [-0.2, 0) is 4.79 Å². The average Bonchev–Trinajstić information content (AvgIpc) is 2.74. The second-order valence-electron chi connectivity index (χ2n) is 8.54. The van der Waals surface area contributed by atoms with Crippen molar-refractivity contribution in [2.75, 3.05) is 0 Å². The van der Waals surface area contributed by atoms with E-state index in [-0.39, 0.29) is 1.43 Å². The second-order valence-corrected chi connectivity index (χ2v) is 8.54. The maximum absolute atomic E-state index is 12.3. The molecule has 0 bridgehead atoms. The van der Waals surface area contributed by atoms with Gasteiger partial charge in [-0.05, 0) is 19.3 Å². The fourth-order valence-corrected chi connectivity index (χ4v) is 3.82. The van der Waals surface area contributed by atoms with Crippen molar-refractivity contribution in [2.24, 2.45) is 0 Å². The Morgan fingerprint density at radius 1 is 0.586 bits per heavy atom. The van der Waals surface area contributed by atoms with Crippen molar-refractivity contribution in [3.63, 3.8) is 0 Å². The van der Waals surface area contributed by atoms with E-state index in [2.05, 4.69) is 26.1 Å². The Kier molecular flexibility index (Phi) is 29.0. The van der Waals surface area contributed by atoms with E-state index in [1.54, 1.807) is 0 Å². The van der Waals surface area contributed by atoms with Gasteiger partial charge in [-0.1, -0.05) is 137 Å². The van der Waals surface area contributed by atoms with E-state index in [4.69, 9.17) is 0 Å². The van der Waals surface area contributed by atoms with Gasteiger partial charge in [-0.2, -0.15) is 0 Å². The molecule has 178 valence electrons. The summed E-state index contributed by atoms with van der Waals surface area (Å²) in [5, 5.41) is 3.37. The molecule has 0 saturated carbocycles. The highest BCUT2D eigenvalue weighted by Gasteiger charge is 2.12. The maximum atomic E-state index is 12.3. The second kappa shape index (κ2) is 27.5. The first-order chi connectivity index (χ1) is 14.2. The molecule has 0 atom stereocenters. The van der Waals surface area contributed by atoms with Gasteiger partial charge < -0.3 is 5.32 Å². The van der Waals surface area contributed by atoms with Crippen LogP contribution in [0.5, 0.6) is 0 Å². The van der Waals surface area contributed by atoms with Gasteiger partial charge in [0.2, 0.25) is 5.91 Å². The quantitative estimate of drug-likeness (QED) is 0.186. The molecule has 0 aliphatic heterocycles. The summed E-state index contributed by atoms with van der Waals surface area (Å²) >= 11 is 0. The van der Waals surface area contributed by atoms with Crippen LogP contribution in [0.15, 0.2) is 0 Å². The summed E-state index contributed by atoms with van der Waals surface area (Å²) in [5.74, 6) is 0.300. The van der Waals surface area contributed by atoms with Crippen LogP contribution >= 0.6 is 0 Å². The molecule has 1 amide bonds. The Morgan fingerprint density at radius 2 is 0.931 bits per heavy atom. The van der Waals surface area contributed by atoms with Gasteiger partial charge in [0.05, 0.1) is 0 Å². The maximum Gasteiger partial charge on any atom is 0.220 e. The van der Waals surface area contributed by atoms with Gasteiger partial charge in [0.25, 0.3) is 0 Å². The predicted molar refractivity (Wildman–Crippen MR) is 135 cm³/mol. The van der Waals surface area contributed by atoms with Crippen molar-refractivity contribution >= 4 is 5.91 Å². The van der Waals surface area contributed by atoms with E-state index in [0.29, 0.717) is 11.9 Å². The molecule has 0 radical (unpaired) electrons. The monoisotopic (exact) mass is 413 g/mol. The molecule has 0 fully saturated rings. The molecule has 1 N–H and O–H groups in total. The van der Waals surface area contributed by atoms with Crippen molar-refractivity contribution in [3.8, 4) is 0 Å². The van der Waals surface area contributed by atoms with Crippen LogP contribution in [-0.4, -0.2) is 11.9 Å². The first-order valence-electron chi connectivity index (χ1n) is 13.5. The lowest BCUT2D eigenvalue weighted by Gasteiger charge is -2.19. The molecule has 0 heterocycles. The smallest absolute Gasteiger partial charge is 0.220 e. The minimum Gasteiger partial charge on any atom is -0.353 e. The van der Waals surface area contributed by atoms with Crippen LogP contribution in [0, 0.1) is 0 Å². The Balaban J connectivity index is -0.00000235. The van der Waals surface area contributed by atoms with Crippen LogP contribution in [0.4, 0.5) is 0 Å². The zero-order chi connectivity index (χ0) is 22.0. The number of carbonyl (C=O) groups excluding carboxylic acids is 1. The number of amides is 1. The van der Waals surface area contributed by atoms with Crippen LogP contribution < -0.4 is 5.32 Å². The van der Waals surface area contributed by atoms with Crippen molar-refractivity contribution in [2.45, 2.75) is 169 Å². The SMILES string of the molecule is CC.CCCCCCCCC(CCCCCCCC)NC(=O)CCCCCCC.[HH]. The summed E-state index contributed by atoms with van der Waals surface area (Å²) in [6, 6.07) is 0.422. The number of rotatable bonds is 21. The van der Waals surface area contributed by atoms with Gasteiger partial charge in [0, 0.05) is 13.9 Å². The number of hydrogen-bond donors (Lipinski definition) is 1. The molecule has 0 aromatic carbocycles. The van der Waals surface area contributed by atoms with E-state index in [1.165, 1.54) is 116 Å². The number of carbonyl (C=O) groups is 1. The molecular formula is C27H59NO. The normalized spacial score (nSPS) is 10.7. The highest BCUT2D eigenvalue weighted by molar-refractivity contribution is 5.76. The molecule has 0 spiro atoms. The molecule has 0 aromatic heterocycles. The Hall–Kier alpha value is -0.530. The molecule has 29 heavy (non-hydrogen) atoms. The lowest BCUT2D eigenvalue weighted by molar-refractivity contribution is -0.122. The molecule has 2 nitrogen and oxygen atoms in total. The van der Waals surface area contributed by atoms with Crippen molar-refractivity contribution < 1.29 is 6.22 Å². The lowest BCUT2D eigenvalue weighted by atomic mass is 9.99. The van der Waals surface area contributed by atoms with Gasteiger partial charge in [0.1, 0.15) is 0 Å². The summed E-state index contributed by atoms with van der Waals surface area (Å²) in [5.41, 5.74) is 0. The fraction of sp³-hybridized carbons (Fsp3) is 0.963. The van der Waals surface area contributed by atoms with E-state index in [9.17, 15) is 4.79 Å². The van der Waals surface area contributed by atoms with Crippen LogP contribution in [0.1, 0.15) is 164 Å². The van der Waals surface area contributed by atoms with E-state index in [0.717, 1.165) is 12.8 Å². The zero-order valence-electron chi connectivity index (χ0n) is 21.1. The first-order valence-corrected chi connectivity index (χ1v) is 13.5. The van der Waals surface area contributed by atoms with E-state index < -0.39 is 0 Å². The summed E-state index contributed by atoms with van der Waals surface area (Å²) < 4.78 is 0. The minimum atomic E-state index is 0. The molecule has 0 unspecified atom stereocenters. The average molecular weight is 414 g/mol. The topological polar surface area (TPSA) is 29.1 Å². The van der Waals surface area contributed by atoms with Gasteiger partial charge in [-0.25, -0.2) is 0 Å². The van der Waals surface area contributed by atoms with Crippen molar-refractivity contribution in [1.82, 2.24) is 5.32 Å². The van der Waals surface area contributed by atoms with Gasteiger partial charge in [0.15, 0.2) is 0 Å². The summed E-state index contributed by atoms with van der Waals surface area (Å²) in [4.78, 5) is 12.3. The van der Waals surface area contributed by atoms with E-state index in [1.807, 2.05) is 13.8 Å². The van der Waals surface area contributed by atoms with Crippen LogP contribution in [0.25, 0.3) is 0 Å².